The predicted octanol–water partition coefficient (Wildman–Crippen LogP) is 2.16. The monoisotopic (exact) mass is 197 g/mol. The van der Waals surface area contributed by atoms with Crippen molar-refractivity contribution in [3.8, 4) is 0 Å². The highest BCUT2D eigenvalue weighted by molar-refractivity contribution is 5.00. The molecule has 14 heavy (non-hydrogen) atoms. The summed E-state index contributed by atoms with van der Waals surface area (Å²) >= 11 is 0. The van der Waals surface area contributed by atoms with Gasteiger partial charge in [0, 0.05) is 18.9 Å². The van der Waals surface area contributed by atoms with Crippen LogP contribution in [0.5, 0.6) is 0 Å². The van der Waals surface area contributed by atoms with Crippen LogP contribution in [-0.2, 0) is 6.42 Å². The number of hydrogen-bond acceptors (Lipinski definition) is 2. The van der Waals surface area contributed by atoms with Crippen molar-refractivity contribution in [3.63, 3.8) is 0 Å². The van der Waals surface area contributed by atoms with Crippen molar-refractivity contribution in [1.82, 2.24) is 5.32 Å². The third-order valence-corrected chi connectivity index (χ3v) is 2.82. The van der Waals surface area contributed by atoms with E-state index in [9.17, 15) is 4.39 Å². The minimum absolute atomic E-state index is 0.161. The van der Waals surface area contributed by atoms with E-state index < -0.39 is 6.17 Å². The average Bonchev–Trinajstić information content (AvgIpc) is 2.72. The molecular weight excluding hydrogens is 181 g/mol. The summed E-state index contributed by atoms with van der Waals surface area (Å²) in [4.78, 5) is 0. The van der Waals surface area contributed by atoms with Crippen LogP contribution in [0.2, 0.25) is 0 Å². The van der Waals surface area contributed by atoms with Crippen LogP contribution in [0.3, 0.4) is 0 Å². The van der Waals surface area contributed by atoms with Crippen molar-refractivity contribution >= 4 is 0 Å². The maximum atomic E-state index is 13.8. The minimum Gasteiger partial charge on any atom is -0.469 e. The van der Waals surface area contributed by atoms with Crippen molar-refractivity contribution in [3.05, 3.63) is 24.2 Å². The molecule has 0 aromatic carbocycles. The van der Waals surface area contributed by atoms with Gasteiger partial charge in [-0.25, -0.2) is 4.39 Å². The molecule has 2 rings (SSSR count). The number of halogens is 1. The number of rotatable bonds is 3. The van der Waals surface area contributed by atoms with Gasteiger partial charge in [-0.15, -0.1) is 0 Å². The number of hydrogen-bond donors (Lipinski definition) is 1. The first kappa shape index (κ1) is 9.71. The van der Waals surface area contributed by atoms with Crippen LogP contribution in [0, 0.1) is 5.92 Å². The summed E-state index contributed by atoms with van der Waals surface area (Å²) < 4.78 is 18.9. The van der Waals surface area contributed by atoms with Gasteiger partial charge in [0.15, 0.2) is 0 Å². The van der Waals surface area contributed by atoms with E-state index in [0.717, 1.165) is 31.7 Å². The fourth-order valence-electron chi connectivity index (χ4n) is 1.98. The average molecular weight is 197 g/mol. The Balaban J connectivity index is 1.85. The minimum atomic E-state index is -0.769. The smallest absolute Gasteiger partial charge is 0.111 e. The van der Waals surface area contributed by atoms with Gasteiger partial charge < -0.3 is 9.73 Å². The Labute approximate surface area is 83.5 Å². The number of nitrogens with one attached hydrogen (secondary N) is 1. The van der Waals surface area contributed by atoms with Crippen molar-refractivity contribution in [1.29, 1.82) is 0 Å². The lowest BCUT2D eigenvalue weighted by molar-refractivity contribution is 0.184. The van der Waals surface area contributed by atoms with Gasteiger partial charge in [-0.2, -0.15) is 0 Å². The number of alkyl halides is 1. The van der Waals surface area contributed by atoms with Crippen molar-refractivity contribution < 1.29 is 8.81 Å². The number of piperidine rings is 1. The largest absolute Gasteiger partial charge is 0.469 e. The highest BCUT2D eigenvalue weighted by Gasteiger charge is 2.23. The van der Waals surface area contributed by atoms with E-state index >= 15 is 0 Å². The summed E-state index contributed by atoms with van der Waals surface area (Å²) in [6.07, 6.45) is 3.33. The second-order valence-electron chi connectivity index (χ2n) is 3.91. The second-order valence-corrected chi connectivity index (χ2v) is 3.91. The van der Waals surface area contributed by atoms with Gasteiger partial charge in [-0.05, 0) is 31.5 Å². The maximum absolute atomic E-state index is 13.8. The van der Waals surface area contributed by atoms with E-state index in [4.69, 9.17) is 4.42 Å². The quantitative estimate of drug-likeness (QED) is 0.803. The molecule has 0 spiro atoms. The molecule has 0 amide bonds. The van der Waals surface area contributed by atoms with E-state index in [0.29, 0.717) is 6.42 Å². The zero-order valence-corrected chi connectivity index (χ0v) is 8.21. The van der Waals surface area contributed by atoms with Crippen LogP contribution in [0.25, 0.3) is 0 Å². The fourth-order valence-corrected chi connectivity index (χ4v) is 1.98. The van der Waals surface area contributed by atoms with E-state index in [1.807, 2.05) is 6.07 Å². The first-order chi connectivity index (χ1) is 6.86. The zero-order valence-electron chi connectivity index (χ0n) is 8.21. The lowest BCUT2D eigenvalue weighted by Gasteiger charge is -2.25. The van der Waals surface area contributed by atoms with E-state index in [1.54, 1.807) is 12.3 Å². The predicted molar refractivity (Wildman–Crippen MR) is 52.9 cm³/mol. The summed E-state index contributed by atoms with van der Waals surface area (Å²) in [6, 6.07) is 3.64. The molecule has 1 aromatic heterocycles. The Morgan fingerprint density at radius 3 is 3.21 bits per heavy atom. The van der Waals surface area contributed by atoms with Gasteiger partial charge in [0.1, 0.15) is 11.9 Å². The summed E-state index contributed by atoms with van der Waals surface area (Å²) in [6.45, 7) is 1.84. The summed E-state index contributed by atoms with van der Waals surface area (Å²) in [5.41, 5.74) is 0. The molecule has 1 saturated heterocycles. The van der Waals surface area contributed by atoms with Gasteiger partial charge in [0.05, 0.1) is 6.26 Å². The molecule has 3 heteroatoms. The first-order valence-electron chi connectivity index (χ1n) is 5.23. The third-order valence-electron chi connectivity index (χ3n) is 2.82. The Morgan fingerprint density at radius 1 is 1.64 bits per heavy atom. The molecule has 78 valence electrons. The van der Waals surface area contributed by atoms with Crippen LogP contribution < -0.4 is 5.32 Å². The Hall–Kier alpha value is -0.830. The topological polar surface area (TPSA) is 25.2 Å². The van der Waals surface area contributed by atoms with E-state index in [-0.39, 0.29) is 5.92 Å². The molecule has 0 radical (unpaired) electrons. The highest BCUT2D eigenvalue weighted by atomic mass is 19.1. The van der Waals surface area contributed by atoms with Crippen LogP contribution in [0.4, 0.5) is 4.39 Å². The molecule has 1 N–H and O–H groups in total. The molecule has 0 saturated carbocycles. The SMILES string of the molecule is FC(Cc1ccco1)C1CCCNC1. The lowest BCUT2D eigenvalue weighted by atomic mass is 9.92. The summed E-state index contributed by atoms with van der Waals surface area (Å²) in [5, 5.41) is 3.22. The normalized spacial score (nSPS) is 24.8. The molecule has 1 aliphatic rings. The van der Waals surface area contributed by atoms with Crippen LogP contribution in [0.1, 0.15) is 18.6 Å². The molecule has 1 aliphatic heterocycles. The van der Waals surface area contributed by atoms with Crippen LogP contribution in [-0.4, -0.2) is 19.3 Å². The summed E-state index contributed by atoms with van der Waals surface area (Å²) in [5.74, 6) is 0.914. The van der Waals surface area contributed by atoms with Crippen molar-refractivity contribution in [2.75, 3.05) is 13.1 Å². The number of furan rings is 1. The molecule has 2 nitrogen and oxygen atoms in total. The van der Waals surface area contributed by atoms with Crippen LogP contribution >= 0.6 is 0 Å². The van der Waals surface area contributed by atoms with Crippen molar-refractivity contribution in [2.45, 2.75) is 25.4 Å². The van der Waals surface area contributed by atoms with Crippen molar-refractivity contribution in [2.24, 2.45) is 5.92 Å². The van der Waals surface area contributed by atoms with Gasteiger partial charge >= 0.3 is 0 Å². The Bertz CT molecular complexity index is 254. The molecular formula is C11H16FNO. The third kappa shape index (κ3) is 2.35. The van der Waals surface area contributed by atoms with Crippen LogP contribution in [0.15, 0.2) is 22.8 Å². The molecule has 1 fully saturated rings. The van der Waals surface area contributed by atoms with E-state index in [1.165, 1.54) is 0 Å². The molecule has 0 aliphatic carbocycles. The Morgan fingerprint density at radius 2 is 2.57 bits per heavy atom. The van der Waals surface area contributed by atoms with Gasteiger partial charge in [-0.3, -0.25) is 0 Å². The first-order valence-corrected chi connectivity index (χ1v) is 5.23. The molecule has 0 bridgehead atoms. The van der Waals surface area contributed by atoms with E-state index in [2.05, 4.69) is 5.32 Å². The zero-order chi connectivity index (χ0) is 9.80. The second kappa shape index (κ2) is 4.60. The molecule has 2 atom stereocenters. The molecule has 2 heterocycles. The maximum Gasteiger partial charge on any atom is 0.111 e. The molecule has 2 unspecified atom stereocenters. The summed E-state index contributed by atoms with van der Waals surface area (Å²) in [7, 11) is 0. The lowest BCUT2D eigenvalue weighted by Crippen LogP contribution is -2.35. The van der Waals surface area contributed by atoms with Gasteiger partial charge in [0.2, 0.25) is 0 Å². The van der Waals surface area contributed by atoms with Gasteiger partial charge in [-0.1, -0.05) is 0 Å². The molecule has 1 aromatic rings. The van der Waals surface area contributed by atoms with Gasteiger partial charge in [0.25, 0.3) is 0 Å². The highest BCUT2D eigenvalue weighted by Crippen LogP contribution is 2.20. The Kier molecular flexibility index (Phi) is 3.19. The fraction of sp³-hybridized carbons (Fsp3) is 0.636. The standard InChI is InChI=1S/C11H16FNO/c12-11(7-10-4-2-6-14-10)9-3-1-5-13-8-9/h2,4,6,9,11,13H,1,3,5,7-8H2.